The van der Waals surface area contributed by atoms with Gasteiger partial charge < -0.3 is 0 Å². The summed E-state index contributed by atoms with van der Waals surface area (Å²) in [5.41, 5.74) is 10.7. The Hall–Kier alpha value is -4.03. The summed E-state index contributed by atoms with van der Waals surface area (Å²) in [6.45, 7) is 10.9. The predicted octanol–water partition coefficient (Wildman–Crippen LogP) is 10.0. The number of para-hydroxylation sites is 1. The molecule has 214 valence electrons. The number of rotatable bonds is 4. The van der Waals surface area contributed by atoms with E-state index in [1.165, 1.54) is 21.9 Å². The second kappa shape index (κ2) is 10.0. The number of benzene rings is 4. The maximum absolute atomic E-state index is 6.69. The van der Waals surface area contributed by atoms with Crippen molar-refractivity contribution in [3.8, 4) is 22.4 Å². The minimum Gasteiger partial charge on any atom is -0.261 e. The number of fused-ring (bicyclic) bond motifs is 6. The van der Waals surface area contributed by atoms with Crippen molar-refractivity contribution < 1.29 is 4.42 Å². The first-order chi connectivity index (χ1) is 20.5. The molecular weight excluding hydrogens is 587 g/mol. The molecule has 0 amide bonds. The van der Waals surface area contributed by atoms with Crippen molar-refractivity contribution in [2.45, 2.75) is 57.8 Å². The summed E-state index contributed by atoms with van der Waals surface area (Å²) in [7, 11) is 0. The first kappa shape index (κ1) is 27.8. The standard InChI is InChI=1S/C38H37GeN3O/c1-21(2)38-41-35(30-17-15-26-18-22(3)34(39(6,7)8)24(5)33(26)36(30)42-38)31-11-9-10-29-28-16-14-25(19-32(28)43-37(29)31)27-13-12-23(4)40-20-27/h9-21H,1-8H3. The molecule has 4 nitrogen and oxygen atoms in total. The van der Waals surface area contributed by atoms with Gasteiger partial charge in [-0.05, 0) is 13.0 Å². The molecule has 4 aromatic carbocycles. The maximum Gasteiger partial charge on any atom is 0.0349 e. The molecule has 0 radical (unpaired) electrons. The Morgan fingerprint density at radius 1 is 0.767 bits per heavy atom. The van der Waals surface area contributed by atoms with Crippen LogP contribution in [0.1, 0.15) is 42.4 Å². The molecule has 0 aliphatic rings. The van der Waals surface area contributed by atoms with Crippen molar-refractivity contribution in [3.63, 3.8) is 0 Å². The molecule has 0 atom stereocenters. The van der Waals surface area contributed by atoms with Crippen molar-refractivity contribution >= 4 is 61.3 Å². The van der Waals surface area contributed by atoms with E-state index in [4.69, 9.17) is 14.4 Å². The van der Waals surface area contributed by atoms with Crippen LogP contribution >= 0.6 is 0 Å². The van der Waals surface area contributed by atoms with E-state index in [9.17, 15) is 0 Å². The predicted molar refractivity (Wildman–Crippen MR) is 184 cm³/mol. The minimum absolute atomic E-state index is 0.185. The van der Waals surface area contributed by atoms with Crippen LogP contribution in [-0.2, 0) is 0 Å². The molecule has 5 heteroatoms. The fourth-order valence-corrected chi connectivity index (χ4v) is 12.1. The van der Waals surface area contributed by atoms with Crippen LogP contribution in [0, 0.1) is 20.8 Å². The molecule has 7 rings (SSSR count). The van der Waals surface area contributed by atoms with Gasteiger partial charge in [0, 0.05) is 17.5 Å². The monoisotopic (exact) mass is 625 g/mol. The topological polar surface area (TPSA) is 51.8 Å². The molecule has 0 saturated heterocycles. The summed E-state index contributed by atoms with van der Waals surface area (Å²) in [6, 6.07) is 23.8. The van der Waals surface area contributed by atoms with Gasteiger partial charge in [0.15, 0.2) is 0 Å². The third kappa shape index (κ3) is 4.55. The van der Waals surface area contributed by atoms with Gasteiger partial charge >= 0.3 is 215 Å². The number of hydrogen-bond donors (Lipinski definition) is 0. The average molecular weight is 624 g/mol. The summed E-state index contributed by atoms with van der Waals surface area (Å²) < 4.78 is 8.26. The van der Waals surface area contributed by atoms with Crippen molar-refractivity contribution in [1.29, 1.82) is 0 Å². The molecule has 0 bridgehead atoms. The van der Waals surface area contributed by atoms with Crippen molar-refractivity contribution in [3.05, 3.63) is 95.6 Å². The summed E-state index contributed by atoms with van der Waals surface area (Å²) in [5, 5.41) is 5.77. The van der Waals surface area contributed by atoms with Gasteiger partial charge in [-0.25, -0.2) is 0 Å². The number of aromatic nitrogens is 3. The first-order valence-electron chi connectivity index (χ1n) is 15.1. The molecule has 0 N–H and O–H groups in total. The molecule has 0 aliphatic heterocycles. The molecule has 0 fully saturated rings. The number of hydrogen-bond acceptors (Lipinski definition) is 4. The van der Waals surface area contributed by atoms with Crippen molar-refractivity contribution in [2.24, 2.45) is 0 Å². The van der Waals surface area contributed by atoms with Crippen LogP contribution in [0.3, 0.4) is 0 Å². The summed E-state index contributed by atoms with van der Waals surface area (Å²) in [5.74, 6) is 8.49. The Labute approximate surface area is 255 Å². The molecular formula is C38H37GeN3O. The number of aryl methyl sites for hydroxylation is 3. The normalized spacial score (nSPS) is 12.4. The average Bonchev–Trinajstić information content (AvgIpc) is 3.34. The largest absolute Gasteiger partial charge is 0.261 e. The second-order valence-corrected chi connectivity index (χ2v) is 23.8. The van der Waals surface area contributed by atoms with Gasteiger partial charge in [0.25, 0.3) is 0 Å². The van der Waals surface area contributed by atoms with E-state index >= 15 is 0 Å². The van der Waals surface area contributed by atoms with E-state index in [-0.39, 0.29) is 5.92 Å². The Morgan fingerprint density at radius 3 is 2.26 bits per heavy atom. The molecule has 3 heterocycles. The third-order valence-corrected chi connectivity index (χ3v) is 13.5. The maximum atomic E-state index is 6.69. The van der Waals surface area contributed by atoms with Crippen LogP contribution < -0.4 is 4.40 Å². The third-order valence-electron chi connectivity index (χ3n) is 8.70. The molecule has 0 spiro atoms. The molecule has 0 saturated carbocycles. The smallest absolute Gasteiger partial charge is 0.0349 e. The van der Waals surface area contributed by atoms with Gasteiger partial charge in [-0.3, -0.25) is 4.98 Å². The molecule has 0 aliphatic carbocycles. The Bertz CT molecular complexity index is 2220. The van der Waals surface area contributed by atoms with E-state index in [1.807, 2.05) is 19.2 Å². The number of furan rings is 1. The molecule has 0 unspecified atom stereocenters. The summed E-state index contributed by atoms with van der Waals surface area (Å²) in [6.07, 6.45) is 1.92. The number of nitrogens with zero attached hydrogens (tertiary/aromatic N) is 3. The zero-order chi connectivity index (χ0) is 30.2. The first-order valence-corrected chi connectivity index (χ1v) is 22.5. The molecule has 43 heavy (non-hydrogen) atoms. The second-order valence-electron chi connectivity index (χ2n) is 13.3. The minimum atomic E-state index is -2.15. The Balaban J connectivity index is 1.52. The zero-order valence-corrected chi connectivity index (χ0v) is 28.4. The molecule has 7 aromatic rings. The quantitative estimate of drug-likeness (QED) is 0.145. The Kier molecular flexibility index (Phi) is 6.48. The van der Waals surface area contributed by atoms with Gasteiger partial charge in [0.05, 0.1) is 0 Å². The van der Waals surface area contributed by atoms with Crippen molar-refractivity contribution in [1.82, 2.24) is 15.0 Å². The van der Waals surface area contributed by atoms with Crippen molar-refractivity contribution in [2.75, 3.05) is 0 Å². The van der Waals surface area contributed by atoms with E-state index in [0.717, 1.165) is 66.7 Å². The van der Waals surface area contributed by atoms with E-state index < -0.39 is 13.3 Å². The van der Waals surface area contributed by atoms with Gasteiger partial charge in [0.1, 0.15) is 0 Å². The number of pyridine rings is 1. The van der Waals surface area contributed by atoms with E-state index in [0.29, 0.717) is 0 Å². The SMILES string of the molecule is Cc1ccc(-c2ccc3c(c2)oc2c(-c4nc(C(C)C)nc5c4ccc4cc(C)[c]([Ge]([CH3])([CH3])[CH3])c(C)c45)cccc23)cn1. The van der Waals surface area contributed by atoms with Crippen LogP contribution in [-0.4, -0.2) is 28.2 Å². The zero-order valence-electron chi connectivity index (χ0n) is 26.3. The Morgan fingerprint density at radius 2 is 1.53 bits per heavy atom. The fraction of sp³-hybridized carbons (Fsp3) is 0.237. The fourth-order valence-electron chi connectivity index (χ4n) is 6.89. The van der Waals surface area contributed by atoms with Crippen LogP contribution in [0.25, 0.3) is 66.0 Å². The van der Waals surface area contributed by atoms with E-state index in [2.05, 4.69) is 111 Å². The van der Waals surface area contributed by atoms with Crippen LogP contribution in [0.5, 0.6) is 0 Å². The van der Waals surface area contributed by atoms with Crippen LogP contribution in [0.2, 0.25) is 17.3 Å². The van der Waals surface area contributed by atoms with Crippen LogP contribution in [0.15, 0.2) is 77.3 Å². The molecule has 3 aromatic heterocycles. The van der Waals surface area contributed by atoms with Gasteiger partial charge in [0.2, 0.25) is 0 Å². The summed E-state index contributed by atoms with van der Waals surface area (Å²) in [4.78, 5) is 15.0. The van der Waals surface area contributed by atoms with Gasteiger partial charge in [-0.2, -0.15) is 0 Å². The van der Waals surface area contributed by atoms with Gasteiger partial charge in [-0.1, -0.05) is 6.07 Å². The van der Waals surface area contributed by atoms with E-state index in [1.54, 1.807) is 4.40 Å². The summed E-state index contributed by atoms with van der Waals surface area (Å²) >= 11 is -2.15. The van der Waals surface area contributed by atoms with Gasteiger partial charge in [-0.15, -0.1) is 0 Å². The van der Waals surface area contributed by atoms with Crippen LogP contribution in [0.4, 0.5) is 0 Å².